The average Bonchev–Trinajstić information content (AvgIpc) is 3.26. The summed E-state index contributed by atoms with van der Waals surface area (Å²) in [5, 5.41) is 7.51. The van der Waals surface area contributed by atoms with Gasteiger partial charge in [-0.1, -0.05) is 11.6 Å². The molecule has 7 heteroatoms. The van der Waals surface area contributed by atoms with Crippen molar-refractivity contribution in [3.8, 4) is 5.75 Å². The minimum atomic E-state index is -0.371. The maximum Gasteiger partial charge on any atom is 0.222 e. The van der Waals surface area contributed by atoms with Crippen LogP contribution in [0.25, 0.3) is 0 Å². The molecule has 6 nitrogen and oxygen atoms in total. The number of piperidine rings is 1. The van der Waals surface area contributed by atoms with E-state index in [1.807, 2.05) is 30.6 Å². The van der Waals surface area contributed by atoms with Gasteiger partial charge in [0.25, 0.3) is 0 Å². The fourth-order valence-corrected chi connectivity index (χ4v) is 5.75. The van der Waals surface area contributed by atoms with Crippen molar-refractivity contribution in [3.63, 3.8) is 0 Å². The van der Waals surface area contributed by atoms with Crippen LogP contribution >= 0.6 is 11.6 Å². The number of nitrogens with zero attached hydrogens (tertiary/aromatic N) is 2. The zero-order valence-electron chi connectivity index (χ0n) is 18.1. The van der Waals surface area contributed by atoms with Crippen LogP contribution in [-0.4, -0.2) is 45.3 Å². The van der Waals surface area contributed by atoms with Gasteiger partial charge in [0.2, 0.25) is 5.91 Å². The van der Waals surface area contributed by atoms with Gasteiger partial charge in [-0.05, 0) is 69.7 Å². The minimum Gasteiger partial charge on any atom is -0.487 e. The molecule has 0 radical (unpaired) electrons. The number of hydrogen-bond acceptors (Lipinski definition) is 4. The Morgan fingerprint density at radius 1 is 1.39 bits per heavy atom. The average molecular weight is 444 g/mol. The van der Waals surface area contributed by atoms with Gasteiger partial charge in [-0.15, -0.1) is 0 Å². The maximum atomic E-state index is 13.1. The summed E-state index contributed by atoms with van der Waals surface area (Å²) < 4.78 is 13.1. The highest BCUT2D eigenvalue weighted by molar-refractivity contribution is 6.30. The number of aryl methyl sites for hydroxylation is 1. The van der Waals surface area contributed by atoms with Crippen LogP contribution in [0.5, 0.6) is 5.75 Å². The molecule has 4 heterocycles. The van der Waals surface area contributed by atoms with E-state index in [0.29, 0.717) is 11.4 Å². The molecule has 2 saturated heterocycles. The Bertz CT molecular complexity index is 946. The van der Waals surface area contributed by atoms with Gasteiger partial charge < -0.3 is 14.4 Å². The van der Waals surface area contributed by atoms with Crippen LogP contribution in [0, 0.1) is 5.92 Å². The molecule has 0 bridgehead atoms. The SMILES string of the molecule is CC1(C)Oc2ccc(Cl)cc2[C@@H]2O[C@@H]3CCCN(C(=O)CCCc4cn[nH]c4)[C@@H]3C[C@H]21. The van der Waals surface area contributed by atoms with Crippen LogP contribution in [0.3, 0.4) is 0 Å². The highest BCUT2D eigenvalue weighted by atomic mass is 35.5. The molecule has 3 aliphatic heterocycles. The van der Waals surface area contributed by atoms with E-state index in [4.69, 9.17) is 21.1 Å². The zero-order valence-corrected chi connectivity index (χ0v) is 18.9. The smallest absolute Gasteiger partial charge is 0.222 e. The standard InChI is InChI=1S/C24H30ClN3O3/c1-24(2)18-12-19-21(30-23(18)17-11-16(25)8-9-20(17)31-24)6-4-10-28(19)22(29)7-3-5-15-13-26-27-14-15/h8-9,11,13-14,18-19,21,23H,3-7,10,12H2,1-2H3,(H,26,27)/t18-,19-,21-,23+/m1/s1. The monoisotopic (exact) mass is 443 g/mol. The maximum absolute atomic E-state index is 13.1. The number of hydrogen-bond donors (Lipinski definition) is 1. The number of aromatic amines is 1. The molecule has 4 atom stereocenters. The van der Waals surface area contributed by atoms with Gasteiger partial charge >= 0.3 is 0 Å². The number of fused-ring (bicyclic) bond motifs is 4. The van der Waals surface area contributed by atoms with E-state index in [1.165, 1.54) is 0 Å². The topological polar surface area (TPSA) is 67.5 Å². The van der Waals surface area contributed by atoms with E-state index in [0.717, 1.165) is 55.5 Å². The molecule has 2 aromatic rings. The Balaban J connectivity index is 1.33. The van der Waals surface area contributed by atoms with Gasteiger partial charge in [0.05, 0.1) is 24.4 Å². The number of likely N-dealkylation sites (tertiary alicyclic amines) is 1. The first-order chi connectivity index (χ1) is 14.9. The molecule has 5 rings (SSSR count). The number of rotatable bonds is 4. The summed E-state index contributed by atoms with van der Waals surface area (Å²) in [5.74, 6) is 1.26. The Hall–Kier alpha value is -2.05. The number of carbonyl (C=O) groups is 1. The summed E-state index contributed by atoms with van der Waals surface area (Å²) in [6.45, 7) is 5.08. The second-order valence-corrected chi connectivity index (χ2v) is 10.0. The lowest BCUT2D eigenvalue weighted by Crippen LogP contribution is -2.60. The van der Waals surface area contributed by atoms with Crippen LogP contribution in [0.1, 0.15) is 63.2 Å². The van der Waals surface area contributed by atoms with Crippen molar-refractivity contribution in [1.82, 2.24) is 15.1 Å². The highest BCUT2D eigenvalue weighted by Crippen LogP contribution is 2.52. The number of aromatic nitrogens is 2. The normalized spacial score (nSPS) is 28.8. The third kappa shape index (κ3) is 3.96. The molecule has 0 aliphatic carbocycles. The Morgan fingerprint density at radius 2 is 2.26 bits per heavy atom. The number of H-pyrrole nitrogens is 1. The second-order valence-electron chi connectivity index (χ2n) is 9.58. The lowest BCUT2D eigenvalue weighted by molar-refractivity contribution is -0.193. The molecule has 0 saturated carbocycles. The molecule has 0 spiro atoms. The summed E-state index contributed by atoms with van der Waals surface area (Å²) in [6.07, 6.45) is 8.85. The quantitative estimate of drug-likeness (QED) is 0.744. The van der Waals surface area contributed by atoms with Crippen LogP contribution in [0.15, 0.2) is 30.6 Å². The summed E-state index contributed by atoms with van der Waals surface area (Å²) in [7, 11) is 0. The van der Waals surface area contributed by atoms with E-state index >= 15 is 0 Å². The molecule has 3 aliphatic rings. The zero-order chi connectivity index (χ0) is 21.6. The van der Waals surface area contributed by atoms with E-state index in [-0.39, 0.29) is 35.7 Å². The number of nitrogens with one attached hydrogen (secondary N) is 1. The first-order valence-corrected chi connectivity index (χ1v) is 11.7. The summed E-state index contributed by atoms with van der Waals surface area (Å²) in [5.41, 5.74) is 1.81. The van der Waals surface area contributed by atoms with E-state index in [2.05, 4.69) is 28.9 Å². The van der Waals surface area contributed by atoms with Crippen LogP contribution in [-0.2, 0) is 16.0 Å². The first-order valence-electron chi connectivity index (χ1n) is 11.3. The fourth-order valence-electron chi connectivity index (χ4n) is 5.57. The van der Waals surface area contributed by atoms with Crippen molar-refractivity contribution >= 4 is 17.5 Å². The molecule has 31 heavy (non-hydrogen) atoms. The second kappa shape index (κ2) is 8.14. The molecule has 0 unspecified atom stereocenters. The highest BCUT2D eigenvalue weighted by Gasteiger charge is 2.52. The molecular formula is C24H30ClN3O3. The lowest BCUT2D eigenvalue weighted by Gasteiger charge is -2.54. The summed E-state index contributed by atoms with van der Waals surface area (Å²) in [6, 6.07) is 5.90. The third-order valence-corrected chi connectivity index (χ3v) is 7.41. The molecule has 166 valence electrons. The molecule has 1 amide bonds. The van der Waals surface area contributed by atoms with Crippen molar-refractivity contribution in [2.75, 3.05) is 6.54 Å². The number of halogens is 1. The predicted molar refractivity (Wildman–Crippen MR) is 118 cm³/mol. The number of ether oxygens (including phenoxy) is 2. The van der Waals surface area contributed by atoms with Crippen molar-refractivity contribution in [3.05, 3.63) is 46.7 Å². The van der Waals surface area contributed by atoms with Crippen molar-refractivity contribution in [1.29, 1.82) is 0 Å². The van der Waals surface area contributed by atoms with Crippen LogP contribution in [0.2, 0.25) is 5.02 Å². The van der Waals surface area contributed by atoms with Gasteiger partial charge in [0.15, 0.2) is 0 Å². The van der Waals surface area contributed by atoms with Crippen LogP contribution < -0.4 is 4.74 Å². The molecule has 1 N–H and O–H groups in total. The van der Waals surface area contributed by atoms with Gasteiger partial charge in [0, 0.05) is 35.7 Å². The van der Waals surface area contributed by atoms with Crippen molar-refractivity contribution in [2.45, 2.75) is 76.2 Å². The van der Waals surface area contributed by atoms with E-state index < -0.39 is 0 Å². The first kappa shape index (κ1) is 20.8. The summed E-state index contributed by atoms with van der Waals surface area (Å²) >= 11 is 6.30. The Kier molecular flexibility index (Phi) is 5.47. The number of amides is 1. The van der Waals surface area contributed by atoms with Gasteiger partial charge in [-0.2, -0.15) is 5.10 Å². The Labute approximate surface area is 188 Å². The van der Waals surface area contributed by atoms with Gasteiger partial charge in [0.1, 0.15) is 11.4 Å². The minimum absolute atomic E-state index is 0.0464. The molecular weight excluding hydrogens is 414 g/mol. The largest absolute Gasteiger partial charge is 0.487 e. The van der Waals surface area contributed by atoms with E-state index in [9.17, 15) is 4.79 Å². The van der Waals surface area contributed by atoms with Crippen molar-refractivity contribution in [2.24, 2.45) is 5.92 Å². The van der Waals surface area contributed by atoms with E-state index in [1.54, 1.807) is 0 Å². The third-order valence-electron chi connectivity index (χ3n) is 7.18. The number of carbonyl (C=O) groups excluding carboxylic acids is 1. The predicted octanol–water partition coefficient (Wildman–Crippen LogP) is 4.69. The lowest BCUT2D eigenvalue weighted by atomic mass is 9.72. The number of benzene rings is 1. The van der Waals surface area contributed by atoms with Crippen molar-refractivity contribution < 1.29 is 14.3 Å². The van der Waals surface area contributed by atoms with Gasteiger partial charge in [-0.25, -0.2) is 0 Å². The van der Waals surface area contributed by atoms with Crippen LogP contribution in [0.4, 0.5) is 0 Å². The molecule has 1 aromatic heterocycles. The fraction of sp³-hybridized carbons (Fsp3) is 0.583. The van der Waals surface area contributed by atoms with Gasteiger partial charge in [-0.3, -0.25) is 9.89 Å². The Morgan fingerprint density at radius 3 is 3.06 bits per heavy atom. The summed E-state index contributed by atoms with van der Waals surface area (Å²) in [4.78, 5) is 15.2. The molecule has 1 aromatic carbocycles. The molecule has 2 fully saturated rings.